The summed E-state index contributed by atoms with van der Waals surface area (Å²) in [6.07, 6.45) is 1.66. The molecule has 0 aromatic heterocycles. The van der Waals surface area contributed by atoms with Crippen LogP contribution in [0.2, 0.25) is 0 Å². The third kappa shape index (κ3) is 6.06. The second kappa shape index (κ2) is 7.06. The van der Waals surface area contributed by atoms with Crippen molar-refractivity contribution < 1.29 is 9.53 Å². The molecule has 0 aliphatic heterocycles. The lowest BCUT2D eigenvalue weighted by molar-refractivity contribution is -0.123. The Bertz CT molecular complexity index is 388. The first kappa shape index (κ1) is 13.7. The van der Waals surface area contributed by atoms with E-state index in [0.29, 0.717) is 11.7 Å². The third-order valence-electron chi connectivity index (χ3n) is 1.75. The number of amides is 1. The number of halogens is 1. The summed E-state index contributed by atoms with van der Waals surface area (Å²) in [5.74, 6) is 0.684. The normalized spacial score (nSPS) is 10.8. The molecule has 92 valence electrons. The molecule has 17 heavy (non-hydrogen) atoms. The maximum atomic E-state index is 11.3. The van der Waals surface area contributed by atoms with Gasteiger partial charge in [0.2, 0.25) is 0 Å². The number of benzene rings is 1. The lowest BCUT2D eigenvalue weighted by Gasteiger charge is -2.04. The summed E-state index contributed by atoms with van der Waals surface area (Å²) in [6, 6.07) is 7.28. The maximum Gasteiger partial charge on any atom is 0.277 e. The predicted octanol–water partition coefficient (Wildman–Crippen LogP) is 2.59. The fraction of sp³-hybridized carbons (Fsp3) is 0.333. The zero-order valence-corrected chi connectivity index (χ0v) is 11.4. The van der Waals surface area contributed by atoms with E-state index in [2.05, 4.69) is 26.5 Å². The van der Waals surface area contributed by atoms with E-state index in [1.54, 1.807) is 18.3 Å². The van der Waals surface area contributed by atoms with Crippen molar-refractivity contribution in [1.29, 1.82) is 0 Å². The average molecular weight is 299 g/mol. The molecule has 0 aliphatic carbocycles. The van der Waals surface area contributed by atoms with Gasteiger partial charge < -0.3 is 4.74 Å². The van der Waals surface area contributed by atoms with Crippen LogP contribution in [0, 0.1) is 5.92 Å². The average Bonchev–Trinajstić information content (AvgIpc) is 2.28. The zero-order chi connectivity index (χ0) is 12.7. The van der Waals surface area contributed by atoms with Crippen LogP contribution in [-0.2, 0) is 4.79 Å². The fourth-order valence-electron chi connectivity index (χ4n) is 0.970. The van der Waals surface area contributed by atoms with E-state index in [4.69, 9.17) is 4.74 Å². The minimum Gasteiger partial charge on any atom is -0.484 e. The van der Waals surface area contributed by atoms with E-state index in [-0.39, 0.29) is 12.5 Å². The van der Waals surface area contributed by atoms with Gasteiger partial charge in [0.1, 0.15) is 5.75 Å². The topological polar surface area (TPSA) is 50.7 Å². The van der Waals surface area contributed by atoms with E-state index < -0.39 is 0 Å². The quantitative estimate of drug-likeness (QED) is 0.671. The molecule has 0 bridgehead atoms. The van der Waals surface area contributed by atoms with E-state index in [0.717, 1.165) is 4.47 Å². The lowest BCUT2D eigenvalue weighted by Crippen LogP contribution is -2.24. The molecule has 0 atom stereocenters. The number of rotatable bonds is 5. The zero-order valence-electron chi connectivity index (χ0n) is 9.81. The predicted molar refractivity (Wildman–Crippen MR) is 71.1 cm³/mol. The summed E-state index contributed by atoms with van der Waals surface area (Å²) in [7, 11) is 0. The lowest BCUT2D eigenvalue weighted by atomic mass is 10.3. The number of nitrogens with one attached hydrogen (secondary N) is 1. The van der Waals surface area contributed by atoms with Crippen LogP contribution in [0.4, 0.5) is 0 Å². The number of carbonyl (C=O) groups is 1. The molecule has 0 radical (unpaired) electrons. The number of hydrogen-bond donors (Lipinski definition) is 1. The molecule has 1 aromatic carbocycles. The Hall–Kier alpha value is -1.36. The summed E-state index contributed by atoms with van der Waals surface area (Å²) in [6.45, 7) is 3.92. The molecule has 1 amide bonds. The van der Waals surface area contributed by atoms with E-state index in [9.17, 15) is 4.79 Å². The molecule has 1 N–H and O–H groups in total. The summed E-state index contributed by atoms with van der Waals surface area (Å²) in [5.41, 5.74) is 2.39. The SMILES string of the molecule is CC(C)/C=N/NC(=O)COc1ccc(Br)cc1. The Morgan fingerprint density at radius 2 is 2.12 bits per heavy atom. The molecule has 0 unspecified atom stereocenters. The van der Waals surface area contributed by atoms with Crippen LogP contribution in [0.15, 0.2) is 33.8 Å². The highest BCUT2D eigenvalue weighted by Gasteiger charge is 2.01. The van der Waals surface area contributed by atoms with Gasteiger partial charge in [-0.15, -0.1) is 0 Å². The van der Waals surface area contributed by atoms with Crippen molar-refractivity contribution in [1.82, 2.24) is 5.43 Å². The van der Waals surface area contributed by atoms with Gasteiger partial charge in [-0.1, -0.05) is 29.8 Å². The van der Waals surface area contributed by atoms with Crippen molar-refractivity contribution in [3.63, 3.8) is 0 Å². The molecule has 0 fully saturated rings. The van der Waals surface area contributed by atoms with Crippen molar-refractivity contribution in [3.8, 4) is 5.75 Å². The van der Waals surface area contributed by atoms with Gasteiger partial charge in [0.25, 0.3) is 5.91 Å². The van der Waals surface area contributed by atoms with Gasteiger partial charge in [-0.05, 0) is 30.2 Å². The van der Waals surface area contributed by atoms with Gasteiger partial charge in [0.05, 0.1) is 0 Å². The largest absolute Gasteiger partial charge is 0.484 e. The molecular formula is C12H15BrN2O2. The van der Waals surface area contributed by atoms with Gasteiger partial charge in [0, 0.05) is 10.7 Å². The molecule has 1 rings (SSSR count). The first-order valence-electron chi connectivity index (χ1n) is 5.28. The minimum atomic E-state index is -0.273. The highest BCUT2D eigenvalue weighted by Crippen LogP contribution is 2.15. The highest BCUT2D eigenvalue weighted by molar-refractivity contribution is 9.10. The standard InChI is InChI=1S/C12H15BrN2O2/c1-9(2)7-14-15-12(16)8-17-11-5-3-10(13)4-6-11/h3-7,9H,8H2,1-2H3,(H,15,16)/b14-7+. The third-order valence-corrected chi connectivity index (χ3v) is 2.27. The van der Waals surface area contributed by atoms with Gasteiger partial charge in [-0.3, -0.25) is 4.79 Å². The molecule has 1 aromatic rings. The number of hydrazone groups is 1. The second-order valence-electron chi connectivity index (χ2n) is 3.80. The molecule has 0 heterocycles. The van der Waals surface area contributed by atoms with Crippen LogP contribution in [0.1, 0.15) is 13.8 Å². The smallest absolute Gasteiger partial charge is 0.277 e. The molecular weight excluding hydrogens is 284 g/mol. The molecule has 0 saturated heterocycles. The minimum absolute atomic E-state index is 0.0446. The molecule has 0 saturated carbocycles. The Morgan fingerprint density at radius 1 is 1.47 bits per heavy atom. The number of hydrogen-bond acceptors (Lipinski definition) is 3. The van der Waals surface area contributed by atoms with Gasteiger partial charge in [-0.25, -0.2) is 5.43 Å². The van der Waals surface area contributed by atoms with Crippen molar-refractivity contribution in [3.05, 3.63) is 28.7 Å². The highest BCUT2D eigenvalue weighted by atomic mass is 79.9. The Labute approximate surface area is 109 Å². The van der Waals surface area contributed by atoms with Crippen LogP contribution >= 0.6 is 15.9 Å². The maximum absolute atomic E-state index is 11.3. The molecule has 4 nitrogen and oxygen atoms in total. The summed E-state index contributed by atoms with van der Waals surface area (Å²) >= 11 is 3.32. The number of ether oxygens (including phenoxy) is 1. The van der Waals surface area contributed by atoms with E-state index in [1.807, 2.05) is 26.0 Å². The van der Waals surface area contributed by atoms with Crippen LogP contribution in [0.25, 0.3) is 0 Å². The van der Waals surface area contributed by atoms with E-state index >= 15 is 0 Å². The second-order valence-corrected chi connectivity index (χ2v) is 4.72. The Balaban J connectivity index is 2.31. The van der Waals surface area contributed by atoms with Crippen molar-refractivity contribution in [2.75, 3.05) is 6.61 Å². The summed E-state index contributed by atoms with van der Waals surface area (Å²) < 4.78 is 6.24. The van der Waals surface area contributed by atoms with Gasteiger partial charge >= 0.3 is 0 Å². The van der Waals surface area contributed by atoms with Crippen molar-refractivity contribution >= 4 is 28.1 Å². The van der Waals surface area contributed by atoms with Crippen LogP contribution < -0.4 is 10.2 Å². The first-order valence-corrected chi connectivity index (χ1v) is 6.07. The number of nitrogens with zero attached hydrogens (tertiary/aromatic N) is 1. The van der Waals surface area contributed by atoms with Crippen LogP contribution in [0.3, 0.4) is 0 Å². The Morgan fingerprint density at radius 3 is 2.71 bits per heavy atom. The van der Waals surface area contributed by atoms with Gasteiger partial charge in [0.15, 0.2) is 6.61 Å². The van der Waals surface area contributed by atoms with Crippen molar-refractivity contribution in [2.45, 2.75) is 13.8 Å². The van der Waals surface area contributed by atoms with Gasteiger partial charge in [-0.2, -0.15) is 5.10 Å². The first-order chi connectivity index (χ1) is 8.08. The summed E-state index contributed by atoms with van der Waals surface area (Å²) in [5, 5.41) is 3.79. The van der Waals surface area contributed by atoms with Crippen molar-refractivity contribution in [2.24, 2.45) is 11.0 Å². The molecule has 5 heteroatoms. The molecule has 0 spiro atoms. The van der Waals surface area contributed by atoms with E-state index in [1.165, 1.54) is 0 Å². The summed E-state index contributed by atoms with van der Waals surface area (Å²) in [4.78, 5) is 11.3. The molecule has 0 aliphatic rings. The monoisotopic (exact) mass is 298 g/mol. The fourth-order valence-corrected chi connectivity index (χ4v) is 1.23. The number of carbonyl (C=O) groups excluding carboxylic acids is 1. The van der Waals surface area contributed by atoms with Crippen LogP contribution in [-0.4, -0.2) is 18.7 Å². The Kier molecular flexibility index (Phi) is 5.69. The van der Waals surface area contributed by atoms with Crippen LogP contribution in [0.5, 0.6) is 5.75 Å².